The van der Waals surface area contributed by atoms with Crippen molar-refractivity contribution in [3.05, 3.63) is 66.9 Å². The number of aryl methyl sites for hydroxylation is 2. The zero-order chi connectivity index (χ0) is 20.8. The Kier molecular flexibility index (Phi) is 3.42. The zero-order valence-corrected chi connectivity index (χ0v) is 19.2. The van der Waals surface area contributed by atoms with Crippen molar-refractivity contribution in [2.24, 2.45) is 14.1 Å². The smallest absolute Gasteiger partial charge is 0.0984 e. The molecule has 2 aromatic heterocycles. The Morgan fingerprint density at radius 1 is 0.567 bits per heavy atom. The first-order valence-corrected chi connectivity index (χ1v) is 14.2. The molecule has 4 aromatic carbocycles. The van der Waals surface area contributed by atoms with E-state index in [2.05, 4.69) is 110 Å². The van der Waals surface area contributed by atoms with E-state index in [0.717, 1.165) is 0 Å². The highest BCUT2D eigenvalue weighted by Gasteiger charge is 2.22. The molecule has 0 bridgehead atoms. The standard InChI is InChI=1S/C27H26N2Si/c1-28-15-14-17-6-8-21-19-11-13-24-22(20(19)10-12-23(21)26(17)28)9-7-18-16-25(30(3,4)5)29(2)27(18)24/h6-16H,1-5H3. The Morgan fingerprint density at radius 2 is 1.07 bits per heavy atom. The van der Waals surface area contributed by atoms with Crippen LogP contribution >= 0.6 is 0 Å². The Bertz CT molecular complexity index is 1640. The molecule has 2 heterocycles. The van der Waals surface area contributed by atoms with Crippen LogP contribution in [0.3, 0.4) is 0 Å². The van der Waals surface area contributed by atoms with Crippen LogP contribution in [0.5, 0.6) is 0 Å². The average Bonchev–Trinajstić information content (AvgIpc) is 3.27. The van der Waals surface area contributed by atoms with Gasteiger partial charge in [-0.3, -0.25) is 0 Å². The third-order valence-corrected chi connectivity index (χ3v) is 8.80. The molecule has 0 saturated carbocycles. The van der Waals surface area contributed by atoms with Crippen LogP contribution in [0.1, 0.15) is 0 Å². The molecule has 0 amide bonds. The van der Waals surface area contributed by atoms with Crippen LogP contribution in [0.25, 0.3) is 54.1 Å². The van der Waals surface area contributed by atoms with Gasteiger partial charge in [0.15, 0.2) is 0 Å². The summed E-state index contributed by atoms with van der Waals surface area (Å²) in [6.07, 6.45) is 2.15. The van der Waals surface area contributed by atoms with E-state index in [4.69, 9.17) is 0 Å². The lowest BCUT2D eigenvalue weighted by atomic mass is 9.95. The first-order chi connectivity index (χ1) is 14.3. The van der Waals surface area contributed by atoms with Crippen LogP contribution < -0.4 is 5.32 Å². The number of nitrogens with zero attached hydrogens (tertiary/aromatic N) is 2. The lowest BCUT2D eigenvalue weighted by molar-refractivity contribution is 0.973. The molecule has 0 saturated heterocycles. The van der Waals surface area contributed by atoms with Gasteiger partial charge in [0.2, 0.25) is 0 Å². The van der Waals surface area contributed by atoms with Crippen LogP contribution in [-0.4, -0.2) is 17.2 Å². The highest BCUT2D eigenvalue weighted by atomic mass is 28.3. The van der Waals surface area contributed by atoms with Crippen LogP contribution in [0.4, 0.5) is 0 Å². The Hall–Kier alpha value is -3.04. The van der Waals surface area contributed by atoms with E-state index >= 15 is 0 Å². The van der Waals surface area contributed by atoms with E-state index in [1.165, 1.54) is 59.4 Å². The first-order valence-electron chi connectivity index (χ1n) is 10.7. The van der Waals surface area contributed by atoms with Gasteiger partial charge in [-0.1, -0.05) is 68.2 Å². The van der Waals surface area contributed by atoms with Gasteiger partial charge < -0.3 is 9.13 Å². The molecule has 148 valence electrons. The molecule has 0 aliphatic rings. The summed E-state index contributed by atoms with van der Waals surface area (Å²) in [5, 5.41) is 12.2. The van der Waals surface area contributed by atoms with Gasteiger partial charge in [-0.05, 0) is 33.7 Å². The zero-order valence-electron chi connectivity index (χ0n) is 18.2. The summed E-state index contributed by atoms with van der Waals surface area (Å²) >= 11 is 0. The third-order valence-electron chi connectivity index (χ3n) is 6.79. The van der Waals surface area contributed by atoms with Gasteiger partial charge in [0, 0.05) is 47.2 Å². The maximum absolute atomic E-state index is 2.45. The molecule has 0 fully saturated rings. The molecular weight excluding hydrogens is 380 g/mol. The van der Waals surface area contributed by atoms with Gasteiger partial charge in [0.05, 0.1) is 19.1 Å². The Morgan fingerprint density at radius 3 is 1.70 bits per heavy atom. The fourth-order valence-corrected chi connectivity index (χ4v) is 7.12. The summed E-state index contributed by atoms with van der Waals surface area (Å²) in [7, 11) is 2.97. The predicted molar refractivity (Wildman–Crippen MR) is 135 cm³/mol. The van der Waals surface area contributed by atoms with Gasteiger partial charge in [0.1, 0.15) is 0 Å². The van der Waals surface area contributed by atoms with E-state index in [-0.39, 0.29) is 0 Å². The van der Waals surface area contributed by atoms with Crippen molar-refractivity contribution in [1.29, 1.82) is 0 Å². The monoisotopic (exact) mass is 406 g/mol. The van der Waals surface area contributed by atoms with E-state index in [1.54, 1.807) is 0 Å². The second kappa shape index (κ2) is 5.76. The molecule has 6 rings (SSSR count). The third kappa shape index (κ3) is 2.24. The van der Waals surface area contributed by atoms with E-state index < -0.39 is 8.07 Å². The fourth-order valence-electron chi connectivity index (χ4n) is 5.41. The first kappa shape index (κ1) is 17.8. The quantitative estimate of drug-likeness (QED) is 0.213. The highest BCUT2D eigenvalue weighted by molar-refractivity contribution is 6.88. The minimum absolute atomic E-state index is 1.30. The van der Waals surface area contributed by atoms with Crippen LogP contribution in [0, 0.1) is 0 Å². The molecule has 30 heavy (non-hydrogen) atoms. The normalized spacial score (nSPS) is 12.8. The maximum Gasteiger partial charge on any atom is 0.0984 e. The van der Waals surface area contributed by atoms with Crippen molar-refractivity contribution in [1.82, 2.24) is 9.13 Å². The molecule has 0 atom stereocenters. The second-order valence-electron chi connectivity index (χ2n) is 9.69. The molecular formula is C27H26N2Si. The summed E-state index contributed by atoms with van der Waals surface area (Å²) < 4.78 is 4.68. The van der Waals surface area contributed by atoms with Crippen molar-refractivity contribution >= 4 is 67.5 Å². The van der Waals surface area contributed by atoms with Crippen molar-refractivity contribution in [2.75, 3.05) is 0 Å². The highest BCUT2D eigenvalue weighted by Crippen LogP contribution is 2.37. The number of hydrogen-bond acceptors (Lipinski definition) is 0. The second-order valence-corrected chi connectivity index (χ2v) is 14.7. The van der Waals surface area contributed by atoms with Gasteiger partial charge >= 0.3 is 0 Å². The fraction of sp³-hybridized carbons (Fsp3) is 0.185. The van der Waals surface area contributed by atoms with Gasteiger partial charge in [-0.25, -0.2) is 0 Å². The molecule has 6 aromatic rings. The molecule has 0 aliphatic heterocycles. The molecule has 0 unspecified atom stereocenters. The number of hydrogen-bond donors (Lipinski definition) is 0. The van der Waals surface area contributed by atoms with E-state index in [9.17, 15) is 0 Å². The summed E-state index contributed by atoms with van der Waals surface area (Å²) in [4.78, 5) is 0. The van der Waals surface area contributed by atoms with Crippen molar-refractivity contribution in [3.63, 3.8) is 0 Å². The summed E-state index contributed by atoms with van der Waals surface area (Å²) in [5.41, 5.74) is 2.68. The van der Waals surface area contributed by atoms with Gasteiger partial charge in [-0.2, -0.15) is 0 Å². The minimum Gasteiger partial charge on any atom is -0.351 e. The topological polar surface area (TPSA) is 9.86 Å². The minimum atomic E-state index is -1.40. The van der Waals surface area contributed by atoms with Gasteiger partial charge in [0.25, 0.3) is 0 Å². The average molecular weight is 407 g/mol. The van der Waals surface area contributed by atoms with E-state index in [0.29, 0.717) is 0 Å². The summed E-state index contributed by atoms with van der Waals surface area (Å²) in [6, 6.07) is 23.1. The SMILES string of the molecule is Cn1ccc2ccc3c4ccc5c(ccc6cc([Si](C)(C)C)n(C)c65)c4ccc3c21. The predicted octanol–water partition coefficient (Wildman–Crippen LogP) is 6.67. The molecule has 0 aliphatic carbocycles. The Balaban J connectivity index is 1.76. The number of aromatic nitrogens is 2. The van der Waals surface area contributed by atoms with E-state index in [1.807, 2.05) is 0 Å². The lowest BCUT2D eigenvalue weighted by Gasteiger charge is -2.18. The number of rotatable bonds is 1. The maximum atomic E-state index is 2.45. The molecule has 2 nitrogen and oxygen atoms in total. The molecule has 0 radical (unpaired) electrons. The van der Waals surface area contributed by atoms with Crippen LogP contribution in [-0.2, 0) is 14.1 Å². The van der Waals surface area contributed by atoms with Gasteiger partial charge in [-0.15, -0.1) is 0 Å². The lowest BCUT2D eigenvalue weighted by Crippen LogP contribution is -2.41. The molecule has 0 spiro atoms. The van der Waals surface area contributed by atoms with Crippen LogP contribution in [0.15, 0.2) is 66.9 Å². The van der Waals surface area contributed by atoms with Crippen LogP contribution in [0.2, 0.25) is 19.6 Å². The van der Waals surface area contributed by atoms with Crippen molar-refractivity contribution in [2.45, 2.75) is 19.6 Å². The summed E-state index contributed by atoms with van der Waals surface area (Å²) in [6.45, 7) is 7.28. The molecule has 3 heteroatoms. The Labute approximate surface area is 177 Å². The summed E-state index contributed by atoms with van der Waals surface area (Å²) in [5.74, 6) is 0. The molecule has 0 N–H and O–H groups in total. The van der Waals surface area contributed by atoms with Crippen molar-refractivity contribution in [3.8, 4) is 0 Å². The number of fused-ring (bicyclic) bond motifs is 9. The largest absolute Gasteiger partial charge is 0.351 e. The number of benzene rings is 4. The van der Waals surface area contributed by atoms with Crippen molar-refractivity contribution < 1.29 is 0 Å².